The van der Waals surface area contributed by atoms with E-state index in [4.69, 9.17) is 15.2 Å². The van der Waals surface area contributed by atoms with E-state index in [9.17, 15) is 4.79 Å². The van der Waals surface area contributed by atoms with E-state index in [0.29, 0.717) is 30.3 Å². The molecular formula is C18H22ClNO4. The van der Waals surface area contributed by atoms with Gasteiger partial charge in [0.25, 0.3) is 0 Å². The summed E-state index contributed by atoms with van der Waals surface area (Å²) in [6.45, 7) is 2.80. The Morgan fingerprint density at radius 2 is 1.79 bits per heavy atom. The Morgan fingerprint density at radius 3 is 2.42 bits per heavy atom. The van der Waals surface area contributed by atoms with E-state index in [2.05, 4.69) is 4.74 Å². The van der Waals surface area contributed by atoms with Crippen molar-refractivity contribution in [2.75, 3.05) is 13.7 Å². The fourth-order valence-corrected chi connectivity index (χ4v) is 2.10. The van der Waals surface area contributed by atoms with Gasteiger partial charge in [-0.2, -0.15) is 0 Å². The average Bonchev–Trinajstić information content (AvgIpc) is 2.60. The lowest BCUT2D eigenvalue weighted by Gasteiger charge is -2.15. The number of rotatable bonds is 7. The molecule has 1 atom stereocenters. The first-order valence-corrected chi connectivity index (χ1v) is 7.42. The quantitative estimate of drug-likeness (QED) is 0.775. The van der Waals surface area contributed by atoms with Gasteiger partial charge in [0.1, 0.15) is 12.6 Å². The lowest BCUT2D eigenvalue weighted by molar-refractivity contribution is -0.142. The summed E-state index contributed by atoms with van der Waals surface area (Å²) in [5, 5.41) is 0. The number of carbonyl (C=O) groups excluding carboxylic acids is 1. The molecule has 0 unspecified atom stereocenters. The second-order valence-electron chi connectivity index (χ2n) is 4.91. The summed E-state index contributed by atoms with van der Waals surface area (Å²) in [4.78, 5) is 11.6. The molecule has 0 bridgehead atoms. The Bertz CT molecular complexity index is 649. The van der Waals surface area contributed by atoms with Crippen molar-refractivity contribution in [2.45, 2.75) is 19.6 Å². The van der Waals surface area contributed by atoms with E-state index < -0.39 is 12.0 Å². The summed E-state index contributed by atoms with van der Waals surface area (Å²) in [6.07, 6.45) is 0. The van der Waals surface area contributed by atoms with Gasteiger partial charge in [-0.25, -0.2) is 0 Å². The molecule has 0 aromatic heterocycles. The van der Waals surface area contributed by atoms with Crippen molar-refractivity contribution >= 4 is 18.4 Å². The first-order valence-electron chi connectivity index (χ1n) is 7.42. The van der Waals surface area contributed by atoms with Crippen LogP contribution in [0, 0.1) is 0 Å². The monoisotopic (exact) mass is 351 g/mol. The minimum absolute atomic E-state index is 0. The number of hydrogen-bond donors (Lipinski definition) is 1. The van der Waals surface area contributed by atoms with E-state index in [1.807, 2.05) is 37.3 Å². The summed E-state index contributed by atoms with van der Waals surface area (Å²) < 4.78 is 16.1. The van der Waals surface area contributed by atoms with Crippen LogP contribution in [0.15, 0.2) is 48.5 Å². The van der Waals surface area contributed by atoms with Crippen LogP contribution < -0.4 is 15.2 Å². The standard InChI is InChI=1S/C18H21NO4.ClH/c1-3-22-16-11-14(17(19)18(20)21-2)9-10-15(16)23-12-13-7-5-4-6-8-13;/h4-11,17H,3,12,19H2,1-2H3;1H/t17-;/m0./s1. The maximum Gasteiger partial charge on any atom is 0.327 e. The molecule has 0 radical (unpaired) electrons. The zero-order valence-electron chi connectivity index (χ0n) is 13.7. The summed E-state index contributed by atoms with van der Waals surface area (Å²) in [6, 6.07) is 14.2. The van der Waals surface area contributed by atoms with Crippen molar-refractivity contribution in [1.82, 2.24) is 0 Å². The van der Waals surface area contributed by atoms with Gasteiger partial charge in [-0.05, 0) is 30.2 Å². The number of carbonyl (C=O) groups is 1. The number of nitrogens with two attached hydrogens (primary N) is 1. The predicted octanol–water partition coefficient (Wildman–Crippen LogP) is 3.26. The number of methoxy groups -OCH3 is 1. The minimum atomic E-state index is -0.845. The fourth-order valence-electron chi connectivity index (χ4n) is 2.10. The Morgan fingerprint density at radius 1 is 1.08 bits per heavy atom. The highest BCUT2D eigenvalue weighted by Gasteiger charge is 2.18. The third-order valence-electron chi connectivity index (χ3n) is 3.32. The van der Waals surface area contributed by atoms with Crippen LogP contribution in [0.5, 0.6) is 11.5 Å². The summed E-state index contributed by atoms with van der Waals surface area (Å²) in [5.74, 6) is 0.669. The van der Waals surface area contributed by atoms with Gasteiger partial charge in [0.05, 0.1) is 13.7 Å². The summed E-state index contributed by atoms with van der Waals surface area (Å²) in [7, 11) is 1.31. The van der Waals surface area contributed by atoms with Gasteiger partial charge in [0.2, 0.25) is 0 Å². The van der Waals surface area contributed by atoms with E-state index in [1.165, 1.54) is 7.11 Å². The second kappa shape index (κ2) is 9.80. The van der Waals surface area contributed by atoms with Gasteiger partial charge < -0.3 is 19.9 Å². The van der Waals surface area contributed by atoms with Gasteiger partial charge in [-0.1, -0.05) is 36.4 Å². The molecule has 0 saturated carbocycles. The molecule has 2 aromatic carbocycles. The maximum atomic E-state index is 11.6. The van der Waals surface area contributed by atoms with E-state index in [-0.39, 0.29) is 12.4 Å². The molecular weight excluding hydrogens is 330 g/mol. The van der Waals surface area contributed by atoms with Crippen LogP contribution in [0.25, 0.3) is 0 Å². The van der Waals surface area contributed by atoms with Crippen LogP contribution in [-0.2, 0) is 16.1 Å². The van der Waals surface area contributed by atoms with Crippen molar-refractivity contribution in [2.24, 2.45) is 5.73 Å². The molecule has 0 amide bonds. The zero-order valence-corrected chi connectivity index (χ0v) is 14.5. The molecule has 6 heteroatoms. The number of esters is 1. The Balaban J connectivity index is 0.00000288. The largest absolute Gasteiger partial charge is 0.490 e. The van der Waals surface area contributed by atoms with Crippen molar-refractivity contribution in [1.29, 1.82) is 0 Å². The Hall–Kier alpha value is -2.24. The highest BCUT2D eigenvalue weighted by Crippen LogP contribution is 2.31. The highest BCUT2D eigenvalue weighted by molar-refractivity contribution is 5.85. The fraction of sp³-hybridized carbons (Fsp3) is 0.278. The average molecular weight is 352 g/mol. The molecule has 0 fully saturated rings. The molecule has 0 saturated heterocycles. The Kier molecular flexibility index (Phi) is 8.09. The lowest BCUT2D eigenvalue weighted by Crippen LogP contribution is -2.22. The van der Waals surface area contributed by atoms with Crippen molar-refractivity contribution in [3.05, 3.63) is 59.7 Å². The highest BCUT2D eigenvalue weighted by atomic mass is 35.5. The van der Waals surface area contributed by atoms with Crippen LogP contribution in [0.1, 0.15) is 24.1 Å². The van der Waals surface area contributed by atoms with Gasteiger partial charge in [-0.15, -0.1) is 12.4 Å². The van der Waals surface area contributed by atoms with Crippen LogP contribution in [-0.4, -0.2) is 19.7 Å². The number of hydrogen-bond acceptors (Lipinski definition) is 5. The van der Waals surface area contributed by atoms with E-state index >= 15 is 0 Å². The molecule has 24 heavy (non-hydrogen) atoms. The van der Waals surface area contributed by atoms with Crippen LogP contribution in [0.4, 0.5) is 0 Å². The summed E-state index contributed by atoms with van der Waals surface area (Å²) in [5.41, 5.74) is 7.54. The third kappa shape index (κ3) is 5.15. The van der Waals surface area contributed by atoms with Crippen LogP contribution >= 0.6 is 12.4 Å². The molecule has 5 nitrogen and oxygen atoms in total. The molecule has 0 aliphatic carbocycles. The lowest BCUT2D eigenvalue weighted by atomic mass is 10.1. The molecule has 0 spiro atoms. The molecule has 0 aliphatic rings. The zero-order chi connectivity index (χ0) is 16.7. The third-order valence-corrected chi connectivity index (χ3v) is 3.32. The summed E-state index contributed by atoms with van der Waals surface area (Å²) >= 11 is 0. The number of ether oxygens (including phenoxy) is 3. The second-order valence-corrected chi connectivity index (χ2v) is 4.91. The van der Waals surface area contributed by atoms with Gasteiger partial charge in [0.15, 0.2) is 11.5 Å². The number of halogens is 1. The SMILES string of the molecule is CCOc1cc([C@H](N)C(=O)OC)ccc1OCc1ccccc1.Cl. The first kappa shape index (κ1) is 19.8. The molecule has 2 N–H and O–H groups in total. The minimum Gasteiger partial charge on any atom is -0.490 e. The van der Waals surface area contributed by atoms with Gasteiger partial charge >= 0.3 is 5.97 Å². The van der Waals surface area contributed by atoms with Crippen molar-refractivity contribution < 1.29 is 19.0 Å². The van der Waals surface area contributed by atoms with E-state index in [0.717, 1.165) is 5.56 Å². The topological polar surface area (TPSA) is 70.8 Å². The molecule has 2 rings (SSSR count). The molecule has 0 aliphatic heterocycles. The normalized spacial score (nSPS) is 11.1. The first-order chi connectivity index (χ1) is 11.2. The Labute approximate surface area is 148 Å². The molecule has 0 heterocycles. The van der Waals surface area contributed by atoms with Crippen molar-refractivity contribution in [3.63, 3.8) is 0 Å². The number of benzene rings is 2. The predicted molar refractivity (Wildman–Crippen MR) is 94.6 cm³/mol. The van der Waals surface area contributed by atoms with Crippen LogP contribution in [0.2, 0.25) is 0 Å². The molecule has 2 aromatic rings. The smallest absolute Gasteiger partial charge is 0.327 e. The van der Waals surface area contributed by atoms with Gasteiger partial charge in [0, 0.05) is 0 Å². The van der Waals surface area contributed by atoms with Crippen molar-refractivity contribution in [3.8, 4) is 11.5 Å². The van der Waals surface area contributed by atoms with Gasteiger partial charge in [-0.3, -0.25) is 4.79 Å². The molecule has 130 valence electrons. The van der Waals surface area contributed by atoms with E-state index in [1.54, 1.807) is 18.2 Å². The van der Waals surface area contributed by atoms with Crippen LogP contribution in [0.3, 0.4) is 0 Å². The maximum absolute atomic E-state index is 11.6.